The average Bonchev–Trinajstić information content (AvgIpc) is 3.08. The number of nitrogens with zero attached hydrogens (tertiary/aromatic N) is 4. The molecule has 1 amide bonds. The molecule has 25 heavy (non-hydrogen) atoms. The first-order valence-electron chi connectivity index (χ1n) is 7.39. The second kappa shape index (κ2) is 6.45. The van der Waals surface area contributed by atoms with Crippen LogP contribution in [0.1, 0.15) is 20.9 Å². The Balaban J connectivity index is 1.92. The molecule has 7 nitrogen and oxygen atoms in total. The molecule has 2 aromatic heterocycles. The summed E-state index contributed by atoms with van der Waals surface area (Å²) in [6.45, 7) is 2.34. The molecule has 1 aromatic carbocycles. The third kappa shape index (κ3) is 3.10. The number of aromatic nitrogens is 2. The van der Waals surface area contributed by atoms with E-state index in [1.54, 1.807) is 28.9 Å². The highest BCUT2D eigenvalue weighted by molar-refractivity contribution is 7.21. The van der Waals surface area contributed by atoms with Crippen molar-refractivity contribution < 1.29 is 9.72 Å². The summed E-state index contributed by atoms with van der Waals surface area (Å²) >= 11 is 7.51. The zero-order valence-corrected chi connectivity index (χ0v) is 15.4. The lowest BCUT2D eigenvalue weighted by Crippen LogP contribution is -2.25. The number of hydrogen-bond donors (Lipinski definition) is 0. The number of thiophene rings is 1. The lowest BCUT2D eigenvalue weighted by atomic mass is 10.2. The SMILES string of the molecule is Cc1c(CN(C)C(=O)c2sc3cc([N+](=O)[O-])ccc3c2Cl)cnn1C. The predicted octanol–water partition coefficient (Wildman–Crippen LogP) is 3.78. The molecule has 3 aromatic rings. The summed E-state index contributed by atoms with van der Waals surface area (Å²) in [7, 11) is 3.54. The largest absolute Gasteiger partial charge is 0.337 e. The Bertz CT molecular complexity index is 995. The Morgan fingerprint density at radius 2 is 2.20 bits per heavy atom. The minimum absolute atomic E-state index is 0.0243. The summed E-state index contributed by atoms with van der Waals surface area (Å²) in [6.07, 6.45) is 1.73. The monoisotopic (exact) mass is 378 g/mol. The van der Waals surface area contributed by atoms with E-state index in [-0.39, 0.29) is 11.6 Å². The molecular formula is C16H15ClN4O3S. The van der Waals surface area contributed by atoms with Gasteiger partial charge in [0.2, 0.25) is 0 Å². The first-order valence-corrected chi connectivity index (χ1v) is 8.58. The van der Waals surface area contributed by atoms with Gasteiger partial charge in [-0.1, -0.05) is 11.6 Å². The van der Waals surface area contributed by atoms with Gasteiger partial charge in [-0.2, -0.15) is 5.10 Å². The number of hydrogen-bond acceptors (Lipinski definition) is 5. The standard InChI is InChI=1S/C16H15ClN4O3S/c1-9-10(7-18-20(9)3)8-19(2)16(22)15-14(17)12-5-4-11(21(23)24)6-13(12)25-15/h4-7H,8H2,1-3H3. The number of rotatable bonds is 4. The first-order chi connectivity index (χ1) is 11.8. The molecule has 0 atom stereocenters. The quantitative estimate of drug-likeness (QED) is 0.511. The van der Waals surface area contributed by atoms with Gasteiger partial charge in [-0.25, -0.2) is 0 Å². The van der Waals surface area contributed by atoms with E-state index in [1.807, 2.05) is 14.0 Å². The van der Waals surface area contributed by atoms with E-state index in [0.29, 0.717) is 26.5 Å². The van der Waals surface area contributed by atoms with E-state index in [0.717, 1.165) is 22.6 Å². The van der Waals surface area contributed by atoms with Crippen molar-refractivity contribution in [3.8, 4) is 0 Å². The highest BCUT2D eigenvalue weighted by atomic mass is 35.5. The molecule has 0 unspecified atom stereocenters. The van der Waals surface area contributed by atoms with Gasteiger partial charge in [0.15, 0.2) is 0 Å². The second-order valence-corrected chi connectivity index (χ2v) is 7.15. The molecule has 0 aliphatic carbocycles. The zero-order chi connectivity index (χ0) is 18.3. The fourth-order valence-corrected chi connectivity index (χ4v) is 4.04. The minimum atomic E-state index is -0.466. The van der Waals surface area contributed by atoms with Crippen LogP contribution in [0.3, 0.4) is 0 Å². The summed E-state index contributed by atoms with van der Waals surface area (Å²) in [5.74, 6) is -0.225. The Morgan fingerprint density at radius 1 is 1.48 bits per heavy atom. The van der Waals surface area contributed by atoms with Crippen LogP contribution >= 0.6 is 22.9 Å². The number of fused-ring (bicyclic) bond motifs is 1. The predicted molar refractivity (Wildman–Crippen MR) is 97.2 cm³/mol. The van der Waals surface area contributed by atoms with Crippen LogP contribution in [0.2, 0.25) is 5.02 Å². The highest BCUT2D eigenvalue weighted by Gasteiger charge is 2.22. The normalized spacial score (nSPS) is 11.0. The molecule has 0 radical (unpaired) electrons. The summed E-state index contributed by atoms with van der Waals surface area (Å²) in [5.41, 5.74) is 1.91. The molecule has 2 heterocycles. The molecule has 0 saturated carbocycles. The topological polar surface area (TPSA) is 81.3 Å². The molecule has 0 saturated heterocycles. The lowest BCUT2D eigenvalue weighted by molar-refractivity contribution is -0.384. The van der Waals surface area contributed by atoms with Crippen LogP contribution in [0.4, 0.5) is 5.69 Å². The number of carbonyl (C=O) groups excluding carboxylic acids is 1. The van der Waals surface area contributed by atoms with Gasteiger partial charge < -0.3 is 4.90 Å². The van der Waals surface area contributed by atoms with Crippen LogP contribution in [0.25, 0.3) is 10.1 Å². The van der Waals surface area contributed by atoms with Gasteiger partial charge in [0.1, 0.15) is 4.88 Å². The Kier molecular flexibility index (Phi) is 4.49. The molecule has 3 rings (SSSR count). The minimum Gasteiger partial charge on any atom is -0.337 e. The first kappa shape index (κ1) is 17.4. The van der Waals surface area contributed by atoms with Gasteiger partial charge in [0.25, 0.3) is 11.6 Å². The Morgan fingerprint density at radius 3 is 2.80 bits per heavy atom. The van der Waals surface area contributed by atoms with Crippen LogP contribution < -0.4 is 0 Å². The van der Waals surface area contributed by atoms with Crippen molar-refractivity contribution >= 4 is 44.6 Å². The highest BCUT2D eigenvalue weighted by Crippen LogP contribution is 2.37. The third-order valence-electron chi connectivity index (χ3n) is 4.11. The van der Waals surface area contributed by atoms with Gasteiger partial charge >= 0.3 is 0 Å². The van der Waals surface area contributed by atoms with E-state index in [2.05, 4.69) is 5.10 Å². The molecule has 9 heteroatoms. The summed E-state index contributed by atoms with van der Waals surface area (Å²) in [5, 5.41) is 16.1. The molecule has 0 aliphatic heterocycles. The van der Waals surface area contributed by atoms with Crippen LogP contribution in [0.15, 0.2) is 24.4 Å². The number of benzene rings is 1. The molecule has 0 aliphatic rings. The smallest absolute Gasteiger partial charge is 0.270 e. The number of aryl methyl sites for hydroxylation is 1. The molecule has 0 N–H and O–H groups in total. The van der Waals surface area contributed by atoms with Crippen molar-refractivity contribution in [3.05, 3.63) is 55.7 Å². The van der Waals surface area contributed by atoms with E-state index in [4.69, 9.17) is 11.6 Å². The number of amides is 1. The van der Waals surface area contributed by atoms with Gasteiger partial charge in [-0.15, -0.1) is 11.3 Å². The lowest BCUT2D eigenvalue weighted by Gasteiger charge is -2.16. The second-order valence-electron chi connectivity index (χ2n) is 5.72. The van der Waals surface area contributed by atoms with E-state index >= 15 is 0 Å². The molecule has 0 bridgehead atoms. The van der Waals surface area contributed by atoms with Gasteiger partial charge in [-0.3, -0.25) is 19.6 Å². The van der Waals surface area contributed by atoms with Crippen LogP contribution in [-0.4, -0.2) is 32.6 Å². The van der Waals surface area contributed by atoms with Crippen LogP contribution in [0, 0.1) is 17.0 Å². The number of halogens is 1. The fraction of sp³-hybridized carbons (Fsp3) is 0.250. The maximum absolute atomic E-state index is 12.8. The number of nitro benzene ring substituents is 1. The van der Waals surface area contributed by atoms with Crippen molar-refractivity contribution in [1.82, 2.24) is 14.7 Å². The van der Waals surface area contributed by atoms with Crippen molar-refractivity contribution in [3.63, 3.8) is 0 Å². The number of non-ortho nitro benzene ring substituents is 1. The van der Waals surface area contributed by atoms with E-state index in [1.165, 1.54) is 12.1 Å². The maximum atomic E-state index is 12.8. The van der Waals surface area contributed by atoms with Crippen LogP contribution in [0.5, 0.6) is 0 Å². The maximum Gasteiger partial charge on any atom is 0.270 e. The Hall–Kier alpha value is -2.45. The molecular weight excluding hydrogens is 364 g/mol. The van der Waals surface area contributed by atoms with Crippen molar-refractivity contribution in [2.75, 3.05) is 7.05 Å². The number of carbonyl (C=O) groups is 1. The number of nitro groups is 1. The molecule has 130 valence electrons. The zero-order valence-electron chi connectivity index (χ0n) is 13.8. The average molecular weight is 379 g/mol. The fourth-order valence-electron chi connectivity index (χ4n) is 2.51. The van der Waals surface area contributed by atoms with E-state index in [9.17, 15) is 14.9 Å². The molecule has 0 fully saturated rings. The van der Waals surface area contributed by atoms with Gasteiger partial charge in [-0.05, 0) is 13.0 Å². The Labute approximate surface area is 152 Å². The van der Waals surface area contributed by atoms with Crippen molar-refractivity contribution in [2.24, 2.45) is 7.05 Å². The third-order valence-corrected chi connectivity index (χ3v) is 5.75. The van der Waals surface area contributed by atoms with Crippen molar-refractivity contribution in [1.29, 1.82) is 0 Å². The summed E-state index contributed by atoms with van der Waals surface area (Å²) in [6, 6.07) is 4.40. The summed E-state index contributed by atoms with van der Waals surface area (Å²) < 4.78 is 2.37. The van der Waals surface area contributed by atoms with Crippen LogP contribution in [-0.2, 0) is 13.6 Å². The van der Waals surface area contributed by atoms with E-state index < -0.39 is 4.92 Å². The van der Waals surface area contributed by atoms with Gasteiger partial charge in [0, 0.05) is 54.1 Å². The molecule has 0 spiro atoms. The van der Waals surface area contributed by atoms with Crippen molar-refractivity contribution in [2.45, 2.75) is 13.5 Å². The summed E-state index contributed by atoms with van der Waals surface area (Å²) in [4.78, 5) is 25.2. The van der Waals surface area contributed by atoms with Gasteiger partial charge in [0.05, 0.1) is 16.1 Å².